The lowest BCUT2D eigenvalue weighted by Crippen LogP contribution is -2.43. The van der Waals surface area contributed by atoms with Crippen molar-refractivity contribution < 1.29 is 4.79 Å². The van der Waals surface area contributed by atoms with Crippen molar-refractivity contribution in [2.45, 2.75) is 32.4 Å². The summed E-state index contributed by atoms with van der Waals surface area (Å²) in [7, 11) is 2.10. The molecule has 3 rings (SSSR count). The minimum atomic E-state index is -0.150. The molecule has 25 heavy (non-hydrogen) atoms. The van der Waals surface area contributed by atoms with Crippen LogP contribution in [0, 0.1) is 6.92 Å². The van der Waals surface area contributed by atoms with Gasteiger partial charge < -0.3 is 10.2 Å². The normalized spacial score (nSPS) is 16.2. The van der Waals surface area contributed by atoms with Crippen LogP contribution in [-0.2, 0) is 6.54 Å². The van der Waals surface area contributed by atoms with Crippen LogP contribution < -0.4 is 5.32 Å². The Labute approximate surface area is 157 Å². The van der Waals surface area contributed by atoms with Crippen LogP contribution in [-0.4, -0.2) is 46.8 Å². The molecule has 1 saturated heterocycles. The van der Waals surface area contributed by atoms with Crippen molar-refractivity contribution in [1.29, 1.82) is 0 Å². The summed E-state index contributed by atoms with van der Waals surface area (Å²) in [5, 5.41) is 8.53. The molecule has 1 fully saturated rings. The second-order valence-corrected chi connectivity index (χ2v) is 7.32. The number of carbonyl (C=O) groups is 1. The van der Waals surface area contributed by atoms with Crippen LogP contribution in [0.15, 0.2) is 24.3 Å². The van der Waals surface area contributed by atoms with Crippen molar-refractivity contribution in [3.8, 4) is 0 Å². The number of amides is 1. The lowest BCUT2D eigenvalue weighted by atomic mass is 10.1. The molecule has 1 aromatic heterocycles. The Morgan fingerprint density at radius 2 is 1.96 bits per heavy atom. The summed E-state index contributed by atoms with van der Waals surface area (Å²) in [4.78, 5) is 14.9. The molecule has 0 unspecified atom stereocenters. The fourth-order valence-corrected chi connectivity index (χ4v) is 3.63. The lowest BCUT2D eigenvalue weighted by molar-refractivity contribution is 0.0916. The van der Waals surface area contributed by atoms with Crippen LogP contribution in [0.4, 0.5) is 0 Å². The number of aromatic nitrogens is 2. The monoisotopic (exact) mass is 380 g/mol. The van der Waals surface area contributed by atoms with Gasteiger partial charge in [0.1, 0.15) is 5.15 Å². The first-order valence-electron chi connectivity index (χ1n) is 8.41. The minimum absolute atomic E-state index is 0.150. The summed E-state index contributed by atoms with van der Waals surface area (Å²) >= 11 is 12.7. The maximum atomic E-state index is 12.7. The van der Waals surface area contributed by atoms with Gasteiger partial charge in [0, 0.05) is 11.1 Å². The zero-order valence-corrected chi connectivity index (χ0v) is 15.9. The smallest absolute Gasteiger partial charge is 0.256 e. The highest BCUT2D eigenvalue weighted by Crippen LogP contribution is 2.23. The molecule has 1 amide bonds. The Morgan fingerprint density at radius 1 is 1.28 bits per heavy atom. The Morgan fingerprint density at radius 3 is 2.64 bits per heavy atom. The Bertz CT molecular complexity index is 766. The van der Waals surface area contributed by atoms with Crippen LogP contribution in [0.5, 0.6) is 0 Å². The second kappa shape index (κ2) is 7.77. The molecule has 2 heterocycles. The SMILES string of the molecule is Cc1nn(Cc2ccccc2Cl)c(Cl)c1C(=O)NC1CCN(C)CC1. The number of nitrogens with one attached hydrogen (secondary N) is 1. The predicted molar refractivity (Wildman–Crippen MR) is 101 cm³/mol. The highest BCUT2D eigenvalue weighted by molar-refractivity contribution is 6.33. The number of benzene rings is 1. The first-order valence-corrected chi connectivity index (χ1v) is 9.17. The molecule has 1 N–H and O–H groups in total. The maximum absolute atomic E-state index is 12.7. The molecule has 0 aliphatic carbocycles. The Balaban J connectivity index is 1.75. The van der Waals surface area contributed by atoms with Crippen molar-refractivity contribution >= 4 is 29.1 Å². The third kappa shape index (κ3) is 4.17. The van der Waals surface area contributed by atoms with Crippen molar-refractivity contribution in [2.75, 3.05) is 20.1 Å². The third-order valence-electron chi connectivity index (χ3n) is 4.62. The topological polar surface area (TPSA) is 50.2 Å². The summed E-state index contributed by atoms with van der Waals surface area (Å²) in [6.45, 7) is 4.21. The van der Waals surface area contributed by atoms with E-state index in [4.69, 9.17) is 23.2 Å². The molecule has 0 radical (unpaired) electrons. The number of carbonyl (C=O) groups excluding carboxylic acids is 1. The number of hydrogen-bond donors (Lipinski definition) is 1. The van der Waals surface area contributed by atoms with Crippen molar-refractivity contribution in [2.24, 2.45) is 0 Å². The maximum Gasteiger partial charge on any atom is 0.256 e. The number of halogens is 2. The zero-order chi connectivity index (χ0) is 18.0. The van der Waals surface area contributed by atoms with E-state index >= 15 is 0 Å². The molecule has 0 spiro atoms. The van der Waals surface area contributed by atoms with E-state index in [1.54, 1.807) is 11.6 Å². The lowest BCUT2D eigenvalue weighted by Gasteiger charge is -2.29. The van der Waals surface area contributed by atoms with Crippen molar-refractivity contribution in [3.05, 3.63) is 51.3 Å². The largest absolute Gasteiger partial charge is 0.349 e. The fraction of sp³-hybridized carbons (Fsp3) is 0.444. The molecule has 1 aromatic carbocycles. The quantitative estimate of drug-likeness (QED) is 0.884. The van der Waals surface area contributed by atoms with E-state index in [0.29, 0.717) is 28.0 Å². The van der Waals surface area contributed by atoms with Gasteiger partial charge in [-0.05, 0) is 51.5 Å². The van der Waals surface area contributed by atoms with E-state index in [1.165, 1.54) is 0 Å². The first kappa shape index (κ1) is 18.2. The van der Waals surface area contributed by atoms with E-state index < -0.39 is 0 Å². The number of aryl methyl sites for hydroxylation is 1. The summed E-state index contributed by atoms with van der Waals surface area (Å²) in [5.41, 5.74) is 1.99. The number of rotatable bonds is 4. The van der Waals surface area contributed by atoms with E-state index in [2.05, 4.69) is 22.4 Å². The summed E-state index contributed by atoms with van der Waals surface area (Å²) in [5.74, 6) is -0.150. The Kier molecular flexibility index (Phi) is 5.67. The predicted octanol–water partition coefficient (Wildman–Crippen LogP) is 3.37. The fourth-order valence-electron chi connectivity index (χ4n) is 3.11. The number of piperidine rings is 1. The molecule has 0 saturated carbocycles. The minimum Gasteiger partial charge on any atom is -0.349 e. The van der Waals surface area contributed by atoms with E-state index in [9.17, 15) is 4.79 Å². The Hall–Kier alpha value is -1.56. The average molecular weight is 381 g/mol. The molecule has 1 aliphatic rings. The van der Waals surface area contributed by atoms with Gasteiger partial charge in [-0.25, -0.2) is 4.68 Å². The van der Waals surface area contributed by atoms with Crippen LogP contribution >= 0.6 is 23.2 Å². The molecule has 0 bridgehead atoms. The summed E-state index contributed by atoms with van der Waals surface area (Å²) in [6.07, 6.45) is 1.90. The molecule has 134 valence electrons. The number of hydrogen-bond acceptors (Lipinski definition) is 3. The highest BCUT2D eigenvalue weighted by atomic mass is 35.5. The third-order valence-corrected chi connectivity index (χ3v) is 5.38. The zero-order valence-electron chi connectivity index (χ0n) is 14.4. The molecular formula is C18H22Cl2N4O. The highest BCUT2D eigenvalue weighted by Gasteiger charge is 2.24. The molecule has 2 aromatic rings. The van der Waals surface area contributed by atoms with Gasteiger partial charge in [0.2, 0.25) is 0 Å². The van der Waals surface area contributed by atoms with Gasteiger partial charge in [-0.15, -0.1) is 0 Å². The van der Waals surface area contributed by atoms with Gasteiger partial charge in [0.25, 0.3) is 5.91 Å². The molecule has 5 nitrogen and oxygen atoms in total. The van der Waals surface area contributed by atoms with Crippen LogP contribution in [0.1, 0.15) is 34.5 Å². The summed E-state index contributed by atoms with van der Waals surface area (Å²) in [6, 6.07) is 7.73. The van der Waals surface area contributed by atoms with Crippen LogP contribution in [0.3, 0.4) is 0 Å². The standard InChI is InChI=1S/C18H22Cl2N4O/c1-12-16(18(25)21-14-7-9-23(2)10-8-14)17(20)24(22-12)11-13-5-3-4-6-15(13)19/h3-6,14H,7-11H2,1-2H3,(H,21,25). The van der Waals surface area contributed by atoms with Gasteiger partial charge >= 0.3 is 0 Å². The first-order chi connectivity index (χ1) is 12.0. The van der Waals surface area contributed by atoms with Crippen molar-refractivity contribution in [3.63, 3.8) is 0 Å². The van der Waals surface area contributed by atoms with E-state index in [1.807, 2.05) is 24.3 Å². The van der Waals surface area contributed by atoms with Gasteiger partial charge in [-0.3, -0.25) is 4.79 Å². The molecule has 1 aliphatic heterocycles. The summed E-state index contributed by atoms with van der Waals surface area (Å²) < 4.78 is 1.63. The molecule has 0 atom stereocenters. The van der Waals surface area contributed by atoms with Gasteiger partial charge in [-0.1, -0.05) is 41.4 Å². The van der Waals surface area contributed by atoms with Crippen molar-refractivity contribution in [1.82, 2.24) is 20.0 Å². The molecule has 7 heteroatoms. The van der Waals surface area contributed by atoms with E-state index in [0.717, 1.165) is 31.5 Å². The van der Waals surface area contributed by atoms with Gasteiger partial charge in [0.15, 0.2) is 0 Å². The van der Waals surface area contributed by atoms with Gasteiger partial charge in [-0.2, -0.15) is 5.10 Å². The molecular weight excluding hydrogens is 359 g/mol. The van der Waals surface area contributed by atoms with Gasteiger partial charge in [0.05, 0.1) is 17.8 Å². The van der Waals surface area contributed by atoms with Crippen LogP contribution in [0.25, 0.3) is 0 Å². The van der Waals surface area contributed by atoms with E-state index in [-0.39, 0.29) is 11.9 Å². The van der Waals surface area contributed by atoms with Crippen LogP contribution in [0.2, 0.25) is 10.2 Å². The second-order valence-electron chi connectivity index (χ2n) is 6.55. The number of likely N-dealkylation sites (tertiary alicyclic amines) is 1. The number of nitrogens with zero attached hydrogens (tertiary/aromatic N) is 3. The average Bonchev–Trinajstić information content (AvgIpc) is 2.86.